The van der Waals surface area contributed by atoms with Crippen LogP contribution in [-0.2, 0) is 16.1 Å². The van der Waals surface area contributed by atoms with Crippen molar-refractivity contribution in [2.24, 2.45) is 0 Å². The van der Waals surface area contributed by atoms with Gasteiger partial charge in [-0.25, -0.2) is 0 Å². The Labute approximate surface area is 105 Å². The summed E-state index contributed by atoms with van der Waals surface area (Å²) < 4.78 is 5.94. The number of esters is 1. The molecule has 0 bridgehead atoms. The summed E-state index contributed by atoms with van der Waals surface area (Å²) in [6, 6.07) is 8.05. The van der Waals surface area contributed by atoms with Crippen LogP contribution in [0.4, 0.5) is 0 Å². The SMILES string of the molecule is CCOC(=O)CN(C)Cc1ccc(Br)cc1. The highest BCUT2D eigenvalue weighted by molar-refractivity contribution is 9.10. The van der Waals surface area contributed by atoms with Gasteiger partial charge in [0.25, 0.3) is 0 Å². The molecule has 0 aromatic heterocycles. The fourth-order valence-electron chi connectivity index (χ4n) is 1.38. The van der Waals surface area contributed by atoms with Crippen molar-refractivity contribution in [3.05, 3.63) is 34.3 Å². The number of carbonyl (C=O) groups excluding carboxylic acids is 1. The molecule has 4 heteroatoms. The molecule has 0 unspecified atom stereocenters. The summed E-state index contributed by atoms with van der Waals surface area (Å²) in [5.74, 6) is -0.179. The van der Waals surface area contributed by atoms with Gasteiger partial charge in [0.1, 0.15) is 0 Å². The van der Waals surface area contributed by atoms with Crippen molar-refractivity contribution >= 4 is 21.9 Å². The van der Waals surface area contributed by atoms with Gasteiger partial charge in [-0.1, -0.05) is 28.1 Å². The van der Waals surface area contributed by atoms with Gasteiger partial charge in [-0.3, -0.25) is 9.69 Å². The molecule has 0 aliphatic carbocycles. The van der Waals surface area contributed by atoms with E-state index in [4.69, 9.17) is 4.74 Å². The molecule has 16 heavy (non-hydrogen) atoms. The van der Waals surface area contributed by atoms with Gasteiger partial charge >= 0.3 is 5.97 Å². The van der Waals surface area contributed by atoms with Crippen molar-refractivity contribution in [1.82, 2.24) is 4.90 Å². The lowest BCUT2D eigenvalue weighted by molar-refractivity contribution is -0.144. The highest BCUT2D eigenvalue weighted by Gasteiger charge is 2.07. The number of carbonyl (C=O) groups is 1. The maximum Gasteiger partial charge on any atom is 0.320 e. The van der Waals surface area contributed by atoms with Gasteiger partial charge in [-0.15, -0.1) is 0 Å². The van der Waals surface area contributed by atoms with Gasteiger partial charge in [-0.05, 0) is 31.7 Å². The van der Waals surface area contributed by atoms with E-state index in [2.05, 4.69) is 15.9 Å². The molecule has 1 aromatic rings. The normalized spacial score (nSPS) is 10.5. The van der Waals surface area contributed by atoms with E-state index in [-0.39, 0.29) is 5.97 Å². The topological polar surface area (TPSA) is 29.5 Å². The third kappa shape index (κ3) is 4.77. The van der Waals surface area contributed by atoms with Gasteiger partial charge in [0.05, 0.1) is 13.2 Å². The molecule has 0 heterocycles. The van der Waals surface area contributed by atoms with E-state index in [1.54, 1.807) is 0 Å². The molecule has 0 spiro atoms. The lowest BCUT2D eigenvalue weighted by atomic mass is 10.2. The molecule has 0 fully saturated rings. The Kier molecular flexibility index (Phi) is 5.49. The van der Waals surface area contributed by atoms with Crippen molar-refractivity contribution < 1.29 is 9.53 Å². The van der Waals surface area contributed by atoms with Gasteiger partial charge in [-0.2, -0.15) is 0 Å². The van der Waals surface area contributed by atoms with E-state index >= 15 is 0 Å². The first-order valence-corrected chi connectivity index (χ1v) is 5.99. The van der Waals surface area contributed by atoms with Crippen molar-refractivity contribution in [3.63, 3.8) is 0 Å². The van der Waals surface area contributed by atoms with Crippen LogP contribution in [0.1, 0.15) is 12.5 Å². The fraction of sp³-hybridized carbons (Fsp3) is 0.417. The third-order valence-electron chi connectivity index (χ3n) is 2.07. The first-order valence-electron chi connectivity index (χ1n) is 5.20. The standard InChI is InChI=1S/C12H16BrNO2/c1-3-16-12(15)9-14(2)8-10-4-6-11(13)7-5-10/h4-7H,3,8-9H2,1-2H3. The summed E-state index contributed by atoms with van der Waals surface area (Å²) in [6.07, 6.45) is 0. The Morgan fingerprint density at radius 1 is 1.38 bits per heavy atom. The molecule has 1 rings (SSSR count). The molecule has 3 nitrogen and oxygen atoms in total. The zero-order valence-electron chi connectivity index (χ0n) is 9.57. The molecule has 0 saturated heterocycles. The average molecular weight is 286 g/mol. The van der Waals surface area contributed by atoms with Crippen molar-refractivity contribution in [2.45, 2.75) is 13.5 Å². The second-order valence-corrected chi connectivity index (χ2v) is 4.52. The molecule has 0 aliphatic rings. The Morgan fingerprint density at radius 3 is 2.56 bits per heavy atom. The predicted octanol–water partition coefficient (Wildman–Crippen LogP) is 2.44. The van der Waals surface area contributed by atoms with E-state index in [9.17, 15) is 4.79 Å². The maximum atomic E-state index is 11.2. The van der Waals surface area contributed by atoms with Crippen LogP contribution in [0.2, 0.25) is 0 Å². The van der Waals surface area contributed by atoms with Crippen LogP contribution < -0.4 is 0 Å². The molecule has 0 saturated carbocycles. The molecule has 0 N–H and O–H groups in total. The predicted molar refractivity (Wildman–Crippen MR) is 67.1 cm³/mol. The number of hydrogen-bond donors (Lipinski definition) is 0. The first kappa shape index (κ1) is 13.2. The highest BCUT2D eigenvalue weighted by atomic mass is 79.9. The second-order valence-electron chi connectivity index (χ2n) is 3.60. The van der Waals surface area contributed by atoms with E-state index < -0.39 is 0 Å². The minimum atomic E-state index is -0.179. The summed E-state index contributed by atoms with van der Waals surface area (Å²) in [7, 11) is 1.90. The molecule has 0 aliphatic heterocycles. The molecule has 1 aromatic carbocycles. The van der Waals surface area contributed by atoms with Crippen LogP contribution in [0.3, 0.4) is 0 Å². The molecule has 0 amide bonds. The largest absolute Gasteiger partial charge is 0.465 e. The van der Waals surface area contributed by atoms with Crippen LogP contribution in [0.15, 0.2) is 28.7 Å². The molecular formula is C12H16BrNO2. The van der Waals surface area contributed by atoms with Gasteiger partial charge in [0.15, 0.2) is 0 Å². The zero-order chi connectivity index (χ0) is 12.0. The lowest BCUT2D eigenvalue weighted by Gasteiger charge is -2.15. The first-order chi connectivity index (χ1) is 7.61. The van der Waals surface area contributed by atoms with Gasteiger partial charge in [0.2, 0.25) is 0 Å². The molecule has 0 atom stereocenters. The molecule has 0 radical (unpaired) electrons. The van der Waals surface area contributed by atoms with Crippen molar-refractivity contribution in [1.29, 1.82) is 0 Å². The number of ether oxygens (including phenoxy) is 1. The van der Waals surface area contributed by atoms with Crippen LogP contribution in [0, 0.1) is 0 Å². The van der Waals surface area contributed by atoms with E-state index in [0.29, 0.717) is 13.2 Å². The van der Waals surface area contributed by atoms with Gasteiger partial charge < -0.3 is 4.74 Å². The van der Waals surface area contributed by atoms with E-state index in [1.807, 2.05) is 43.1 Å². The third-order valence-corrected chi connectivity index (χ3v) is 2.60. The number of halogens is 1. The monoisotopic (exact) mass is 285 g/mol. The van der Waals surface area contributed by atoms with Crippen LogP contribution >= 0.6 is 15.9 Å². The quantitative estimate of drug-likeness (QED) is 0.779. The van der Waals surface area contributed by atoms with E-state index in [1.165, 1.54) is 5.56 Å². The number of benzene rings is 1. The van der Waals surface area contributed by atoms with Crippen molar-refractivity contribution in [3.8, 4) is 0 Å². The van der Waals surface area contributed by atoms with Crippen LogP contribution in [-0.4, -0.2) is 31.1 Å². The molecular weight excluding hydrogens is 270 g/mol. The zero-order valence-corrected chi connectivity index (χ0v) is 11.2. The van der Waals surface area contributed by atoms with Crippen LogP contribution in [0.5, 0.6) is 0 Å². The summed E-state index contributed by atoms with van der Waals surface area (Å²) in [6.45, 7) is 3.31. The smallest absolute Gasteiger partial charge is 0.320 e. The van der Waals surface area contributed by atoms with E-state index in [0.717, 1.165) is 11.0 Å². The Bertz CT molecular complexity index is 337. The summed E-state index contributed by atoms with van der Waals surface area (Å²) in [5, 5.41) is 0. The number of likely N-dealkylation sites (N-methyl/N-ethyl adjacent to an activating group) is 1. The number of rotatable bonds is 5. The molecule has 88 valence electrons. The Morgan fingerprint density at radius 2 is 2.00 bits per heavy atom. The number of nitrogens with zero attached hydrogens (tertiary/aromatic N) is 1. The van der Waals surface area contributed by atoms with Crippen molar-refractivity contribution in [2.75, 3.05) is 20.2 Å². The maximum absolute atomic E-state index is 11.2. The summed E-state index contributed by atoms with van der Waals surface area (Å²) in [5.41, 5.74) is 1.18. The lowest BCUT2D eigenvalue weighted by Crippen LogP contribution is -2.26. The number of hydrogen-bond acceptors (Lipinski definition) is 3. The summed E-state index contributed by atoms with van der Waals surface area (Å²) in [4.78, 5) is 13.2. The highest BCUT2D eigenvalue weighted by Crippen LogP contribution is 2.11. The Balaban J connectivity index is 2.42. The van der Waals surface area contributed by atoms with Gasteiger partial charge in [0, 0.05) is 11.0 Å². The Hall–Kier alpha value is -0.870. The van der Waals surface area contributed by atoms with Crippen LogP contribution in [0.25, 0.3) is 0 Å². The fourth-order valence-corrected chi connectivity index (χ4v) is 1.65. The summed E-state index contributed by atoms with van der Waals surface area (Å²) >= 11 is 3.38. The average Bonchev–Trinajstić information content (AvgIpc) is 2.21. The minimum Gasteiger partial charge on any atom is -0.465 e. The second kappa shape index (κ2) is 6.66. The minimum absolute atomic E-state index is 0.179.